The number of aryl methyl sites for hydroxylation is 1. The van der Waals surface area contributed by atoms with Gasteiger partial charge in [0.15, 0.2) is 14.9 Å². The molecule has 2 aromatic rings. The quantitative estimate of drug-likeness (QED) is 0.479. The lowest BCUT2D eigenvalue weighted by atomic mass is 10.1. The normalized spacial score (nSPS) is 19.2. The van der Waals surface area contributed by atoms with Crippen molar-refractivity contribution in [2.24, 2.45) is 7.05 Å². The predicted molar refractivity (Wildman–Crippen MR) is 135 cm³/mol. The minimum atomic E-state index is -2.63. The molecule has 0 radical (unpaired) electrons. The fraction of sp³-hybridized carbons (Fsp3) is 0.708. The number of amides is 1. The van der Waals surface area contributed by atoms with Crippen molar-refractivity contribution in [3.8, 4) is 5.88 Å². The van der Waals surface area contributed by atoms with Crippen molar-refractivity contribution >= 4 is 20.0 Å². The molecule has 2 atom stereocenters. The molecule has 1 aliphatic heterocycles. The zero-order valence-electron chi connectivity index (χ0n) is 22.7. The number of rotatable bonds is 8. The van der Waals surface area contributed by atoms with Gasteiger partial charge in [-0.1, -0.05) is 20.8 Å². The molecule has 0 saturated carbocycles. The first-order valence-electron chi connectivity index (χ1n) is 12.1. The molecule has 3 rings (SSSR count). The van der Waals surface area contributed by atoms with Crippen LogP contribution >= 0.6 is 0 Å². The van der Waals surface area contributed by atoms with Crippen LogP contribution in [0.3, 0.4) is 0 Å². The molecular formula is C24H39F2N5O4Si. The van der Waals surface area contributed by atoms with Crippen LogP contribution < -0.4 is 10.1 Å². The van der Waals surface area contributed by atoms with Crippen molar-refractivity contribution in [2.75, 3.05) is 18.5 Å². The number of anilines is 1. The minimum Gasteiger partial charge on any atom is -0.471 e. The standard InChI is InChI=1S/C24H39F2N5O4Si/c1-23(2,3)31-20(27-22(32)17-12-21(29-30(17)7)34-14-19(25)26)11-16(28-31)18-10-15(13-33-18)35-36(8,9)24(4,5)6/h11-12,15,18-19H,10,13-14H2,1-9H3,(H,27,32)/t15-,18-/m1/s1. The van der Waals surface area contributed by atoms with Crippen LogP contribution in [-0.4, -0.2) is 59.5 Å². The second kappa shape index (κ2) is 10.2. The van der Waals surface area contributed by atoms with Gasteiger partial charge in [-0.15, -0.1) is 5.10 Å². The van der Waals surface area contributed by atoms with E-state index in [2.05, 4.69) is 44.3 Å². The van der Waals surface area contributed by atoms with Crippen LogP contribution in [0.2, 0.25) is 18.1 Å². The summed E-state index contributed by atoms with van der Waals surface area (Å²) in [5, 5.41) is 11.7. The lowest BCUT2D eigenvalue weighted by Crippen LogP contribution is -2.44. The molecular weight excluding hydrogens is 488 g/mol. The zero-order valence-corrected chi connectivity index (χ0v) is 23.7. The molecule has 202 valence electrons. The van der Waals surface area contributed by atoms with Crippen LogP contribution in [0.5, 0.6) is 5.88 Å². The number of aromatic nitrogens is 4. The number of hydrogen-bond donors (Lipinski definition) is 1. The van der Waals surface area contributed by atoms with E-state index in [4.69, 9.17) is 19.0 Å². The maximum absolute atomic E-state index is 13.0. The highest BCUT2D eigenvalue weighted by atomic mass is 28.4. The minimum absolute atomic E-state index is 0.00479. The fourth-order valence-corrected chi connectivity index (χ4v) is 5.04. The first kappa shape index (κ1) is 28.3. The van der Waals surface area contributed by atoms with E-state index in [9.17, 15) is 13.6 Å². The summed E-state index contributed by atoms with van der Waals surface area (Å²) in [5.41, 5.74) is 0.462. The van der Waals surface area contributed by atoms with Gasteiger partial charge < -0.3 is 19.2 Å². The van der Waals surface area contributed by atoms with Crippen LogP contribution in [0, 0.1) is 0 Å². The predicted octanol–water partition coefficient (Wildman–Crippen LogP) is 5.12. The van der Waals surface area contributed by atoms with Gasteiger partial charge in [-0.25, -0.2) is 13.5 Å². The summed E-state index contributed by atoms with van der Waals surface area (Å²) in [6.07, 6.45) is -2.19. The van der Waals surface area contributed by atoms with Gasteiger partial charge in [-0.3, -0.25) is 9.48 Å². The Morgan fingerprint density at radius 1 is 1.22 bits per heavy atom. The van der Waals surface area contributed by atoms with E-state index in [1.54, 1.807) is 11.7 Å². The second-order valence-electron chi connectivity index (χ2n) is 11.7. The highest BCUT2D eigenvalue weighted by molar-refractivity contribution is 6.74. The number of ether oxygens (including phenoxy) is 2. The summed E-state index contributed by atoms with van der Waals surface area (Å²) in [4.78, 5) is 13.0. The molecule has 0 spiro atoms. The topological polar surface area (TPSA) is 92.4 Å². The van der Waals surface area contributed by atoms with Crippen LogP contribution in [0.1, 0.15) is 70.2 Å². The Labute approximate surface area is 212 Å². The lowest BCUT2D eigenvalue weighted by molar-refractivity contribution is 0.0792. The van der Waals surface area contributed by atoms with E-state index >= 15 is 0 Å². The maximum Gasteiger partial charge on any atom is 0.275 e. The van der Waals surface area contributed by atoms with Gasteiger partial charge in [0.2, 0.25) is 5.88 Å². The largest absolute Gasteiger partial charge is 0.471 e. The van der Waals surface area contributed by atoms with Crippen molar-refractivity contribution < 1.29 is 27.5 Å². The summed E-state index contributed by atoms with van der Waals surface area (Å²) in [6, 6.07) is 3.15. The number of alkyl halides is 2. The van der Waals surface area contributed by atoms with E-state index in [1.807, 2.05) is 26.8 Å². The molecule has 0 aromatic carbocycles. The van der Waals surface area contributed by atoms with Crippen LogP contribution in [0.25, 0.3) is 0 Å². The molecule has 0 bridgehead atoms. The van der Waals surface area contributed by atoms with E-state index in [0.29, 0.717) is 24.5 Å². The average molecular weight is 528 g/mol. The zero-order chi connectivity index (χ0) is 27.1. The van der Waals surface area contributed by atoms with Crippen molar-refractivity contribution in [3.05, 3.63) is 23.5 Å². The van der Waals surface area contributed by atoms with Crippen molar-refractivity contribution in [3.63, 3.8) is 0 Å². The summed E-state index contributed by atoms with van der Waals surface area (Å²) in [6.45, 7) is 16.7. The molecule has 1 N–H and O–H groups in total. The van der Waals surface area contributed by atoms with Crippen LogP contribution in [-0.2, 0) is 21.7 Å². The van der Waals surface area contributed by atoms with E-state index in [0.717, 1.165) is 0 Å². The Hall–Kier alpha value is -2.31. The molecule has 9 nitrogen and oxygen atoms in total. The van der Waals surface area contributed by atoms with E-state index in [1.165, 1.54) is 10.7 Å². The molecule has 36 heavy (non-hydrogen) atoms. The Morgan fingerprint density at radius 3 is 2.47 bits per heavy atom. The van der Waals surface area contributed by atoms with Gasteiger partial charge in [0.1, 0.15) is 17.6 Å². The van der Waals surface area contributed by atoms with Crippen LogP contribution in [0.15, 0.2) is 12.1 Å². The highest BCUT2D eigenvalue weighted by Gasteiger charge is 2.42. The molecule has 12 heteroatoms. The fourth-order valence-electron chi connectivity index (χ4n) is 3.69. The van der Waals surface area contributed by atoms with Gasteiger partial charge in [-0.2, -0.15) is 5.10 Å². The van der Waals surface area contributed by atoms with Gasteiger partial charge in [0, 0.05) is 25.6 Å². The van der Waals surface area contributed by atoms with Crippen LogP contribution in [0.4, 0.5) is 14.6 Å². The molecule has 1 aliphatic rings. The van der Waals surface area contributed by atoms with E-state index < -0.39 is 32.8 Å². The first-order valence-corrected chi connectivity index (χ1v) is 15.0. The van der Waals surface area contributed by atoms with Crippen molar-refractivity contribution in [2.45, 2.75) is 90.3 Å². The average Bonchev–Trinajstić information content (AvgIpc) is 3.43. The molecule has 0 unspecified atom stereocenters. The van der Waals surface area contributed by atoms with Gasteiger partial charge >= 0.3 is 0 Å². The number of nitrogens with one attached hydrogen (secondary N) is 1. The number of nitrogens with zero attached hydrogens (tertiary/aromatic N) is 4. The SMILES string of the molecule is Cn1nc(OCC(F)F)cc1C(=O)Nc1cc([C@H]2C[C@@H](O[Si](C)(C)C(C)(C)C)CO2)nn1C(C)(C)C. The third-order valence-electron chi connectivity index (χ3n) is 6.61. The summed E-state index contributed by atoms with van der Waals surface area (Å²) >= 11 is 0. The summed E-state index contributed by atoms with van der Waals surface area (Å²) < 4.78 is 45.5. The third kappa shape index (κ3) is 6.51. The van der Waals surface area contributed by atoms with E-state index in [-0.39, 0.29) is 28.8 Å². The van der Waals surface area contributed by atoms with Crippen molar-refractivity contribution in [1.29, 1.82) is 0 Å². The molecule has 1 amide bonds. The Kier molecular flexibility index (Phi) is 8.02. The number of carbonyl (C=O) groups excluding carboxylic acids is 1. The summed E-state index contributed by atoms with van der Waals surface area (Å²) in [5.74, 6) is -0.00321. The Bertz CT molecular complexity index is 1070. The number of carbonyl (C=O) groups is 1. The second-order valence-corrected chi connectivity index (χ2v) is 16.5. The highest BCUT2D eigenvalue weighted by Crippen LogP contribution is 2.40. The molecule has 2 aromatic heterocycles. The number of hydrogen-bond acceptors (Lipinski definition) is 6. The monoisotopic (exact) mass is 527 g/mol. The molecule has 1 saturated heterocycles. The lowest BCUT2D eigenvalue weighted by Gasteiger charge is -2.38. The third-order valence-corrected chi connectivity index (χ3v) is 11.1. The van der Waals surface area contributed by atoms with Gasteiger partial charge in [0.25, 0.3) is 12.3 Å². The van der Waals surface area contributed by atoms with Gasteiger partial charge in [0.05, 0.1) is 23.9 Å². The maximum atomic E-state index is 13.0. The Morgan fingerprint density at radius 2 is 1.89 bits per heavy atom. The number of halogens is 2. The first-order chi connectivity index (χ1) is 16.5. The van der Waals surface area contributed by atoms with Crippen molar-refractivity contribution in [1.82, 2.24) is 19.6 Å². The molecule has 1 fully saturated rings. The molecule has 0 aliphatic carbocycles. The Balaban J connectivity index is 1.77. The summed E-state index contributed by atoms with van der Waals surface area (Å²) in [7, 11) is -0.387. The molecule has 3 heterocycles. The smallest absolute Gasteiger partial charge is 0.275 e. The van der Waals surface area contributed by atoms with Gasteiger partial charge in [-0.05, 0) is 38.9 Å².